The van der Waals surface area contributed by atoms with Crippen molar-refractivity contribution in [1.82, 2.24) is 9.47 Å². The van der Waals surface area contributed by atoms with Crippen molar-refractivity contribution in [1.29, 1.82) is 0 Å². The third kappa shape index (κ3) is 3.14. The first-order chi connectivity index (χ1) is 13.0. The predicted octanol–water partition coefficient (Wildman–Crippen LogP) is 3.62. The van der Waals surface area contributed by atoms with Crippen molar-refractivity contribution < 1.29 is 14.7 Å². The molecule has 1 aliphatic rings. The fourth-order valence-corrected chi connectivity index (χ4v) is 3.80. The van der Waals surface area contributed by atoms with Crippen LogP contribution in [-0.4, -0.2) is 33.1 Å². The van der Waals surface area contributed by atoms with Gasteiger partial charge in [-0.2, -0.15) is 0 Å². The van der Waals surface area contributed by atoms with Crippen LogP contribution in [0.3, 0.4) is 0 Å². The van der Waals surface area contributed by atoms with E-state index in [-0.39, 0.29) is 12.6 Å². The van der Waals surface area contributed by atoms with E-state index < -0.39 is 5.97 Å². The summed E-state index contributed by atoms with van der Waals surface area (Å²) in [6.07, 6.45) is 0.637. The Morgan fingerprint density at radius 3 is 2.63 bits per heavy atom. The minimum absolute atomic E-state index is 0.0642. The van der Waals surface area contributed by atoms with Crippen molar-refractivity contribution in [3.8, 4) is 0 Å². The van der Waals surface area contributed by atoms with Gasteiger partial charge in [-0.3, -0.25) is 4.79 Å². The van der Waals surface area contributed by atoms with Gasteiger partial charge in [-0.25, -0.2) is 4.79 Å². The highest BCUT2D eigenvalue weighted by atomic mass is 16.4. The first kappa shape index (κ1) is 17.1. The summed E-state index contributed by atoms with van der Waals surface area (Å²) in [6.45, 7) is 2.93. The Kier molecular flexibility index (Phi) is 4.32. The summed E-state index contributed by atoms with van der Waals surface area (Å²) >= 11 is 0. The average molecular weight is 363 g/mol. The fourth-order valence-electron chi connectivity index (χ4n) is 3.80. The number of amides is 2. The Morgan fingerprint density at radius 1 is 1.11 bits per heavy atom. The van der Waals surface area contributed by atoms with E-state index in [1.54, 1.807) is 4.90 Å². The number of aromatic nitrogens is 1. The molecule has 6 heteroatoms. The molecule has 0 radical (unpaired) electrons. The monoisotopic (exact) mass is 363 g/mol. The lowest BCUT2D eigenvalue weighted by molar-refractivity contribution is -0.137. The number of benzene rings is 2. The quantitative estimate of drug-likeness (QED) is 0.746. The van der Waals surface area contributed by atoms with Crippen molar-refractivity contribution in [3.05, 3.63) is 65.4 Å². The summed E-state index contributed by atoms with van der Waals surface area (Å²) in [4.78, 5) is 25.9. The molecule has 0 spiro atoms. The molecular weight excluding hydrogens is 342 g/mol. The average Bonchev–Trinajstić information content (AvgIpc) is 2.97. The summed E-state index contributed by atoms with van der Waals surface area (Å²) in [5.74, 6) is -0.863. The van der Waals surface area contributed by atoms with Gasteiger partial charge in [-0.15, -0.1) is 0 Å². The van der Waals surface area contributed by atoms with Crippen LogP contribution in [0, 0.1) is 6.92 Å². The van der Waals surface area contributed by atoms with Gasteiger partial charge in [0.15, 0.2) is 0 Å². The number of aryl methyl sites for hydroxylation is 1. The number of carbonyl (C=O) groups is 2. The number of aliphatic carboxylic acids is 1. The van der Waals surface area contributed by atoms with Crippen LogP contribution < -0.4 is 5.32 Å². The van der Waals surface area contributed by atoms with Gasteiger partial charge in [0, 0.05) is 47.4 Å². The molecule has 27 heavy (non-hydrogen) atoms. The smallest absolute Gasteiger partial charge is 0.323 e. The number of hydrogen-bond donors (Lipinski definition) is 2. The lowest BCUT2D eigenvalue weighted by atomic mass is 10.0. The molecule has 3 aromatic rings. The molecule has 0 unspecified atom stereocenters. The third-order valence-electron chi connectivity index (χ3n) is 5.13. The number of nitrogens with one attached hydrogen (secondary N) is 1. The molecule has 1 aromatic heterocycles. The Morgan fingerprint density at radius 2 is 1.85 bits per heavy atom. The zero-order valence-electron chi connectivity index (χ0n) is 15.1. The molecule has 6 nitrogen and oxygen atoms in total. The first-order valence-corrected chi connectivity index (χ1v) is 8.97. The summed E-state index contributed by atoms with van der Waals surface area (Å²) in [7, 11) is 0. The zero-order chi connectivity index (χ0) is 19.0. The summed E-state index contributed by atoms with van der Waals surface area (Å²) in [5, 5.41) is 13.3. The topological polar surface area (TPSA) is 74.6 Å². The van der Waals surface area contributed by atoms with Gasteiger partial charge < -0.3 is 19.9 Å². The van der Waals surface area contributed by atoms with E-state index in [1.165, 1.54) is 0 Å². The minimum atomic E-state index is -0.863. The molecule has 0 bridgehead atoms. The van der Waals surface area contributed by atoms with E-state index in [2.05, 4.69) is 5.32 Å². The van der Waals surface area contributed by atoms with Crippen LogP contribution in [0.5, 0.6) is 0 Å². The third-order valence-corrected chi connectivity index (χ3v) is 5.13. The molecule has 0 atom stereocenters. The number of carboxylic acid groups (broad SMARTS) is 1. The molecule has 0 saturated heterocycles. The molecule has 2 aromatic carbocycles. The van der Waals surface area contributed by atoms with Gasteiger partial charge in [0.1, 0.15) is 6.54 Å². The van der Waals surface area contributed by atoms with Gasteiger partial charge >= 0.3 is 12.0 Å². The maximum absolute atomic E-state index is 12.8. The Labute approximate surface area is 157 Å². The van der Waals surface area contributed by atoms with Crippen molar-refractivity contribution in [2.45, 2.75) is 26.4 Å². The first-order valence-electron chi connectivity index (χ1n) is 8.97. The number of fused-ring (bicyclic) bond motifs is 3. The highest BCUT2D eigenvalue weighted by Gasteiger charge is 2.27. The number of nitrogens with zero attached hydrogens (tertiary/aromatic N) is 2. The molecule has 2 amide bonds. The van der Waals surface area contributed by atoms with Crippen LogP contribution in [0.15, 0.2) is 48.5 Å². The highest BCUT2D eigenvalue weighted by Crippen LogP contribution is 2.31. The van der Waals surface area contributed by atoms with Crippen molar-refractivity contribution in [2.24, 2.45) is 0 Å². The van der Waals surface area contributed by atoms with Gasteiger partial charge in [-0.05, 0) is 24.6 Å². The second-order valence-electron chi connectivity index (χ2n) is 6.84. The van der Waals surface area contributed by atoms with E-state index in [1.807, 2.05) is 60.0 Å². The van der Waals surface area contributed by atoms with E-state index in [9.17, 15) is 14.7 Å². The van der Waals surface area contributed by atoms with Gasteiger partial charge in [-0.1, -0.05) is 36.4 Å². The van der Waals surface area contributed by atoms with Crippen LogP contribution in [0.4, 0.5) is 10.5 Å². The van der Waals surface area contributed by atoms with E-state index in [0.29, 0.717) is 19.5 Å². The lowest BCUT2D eigenvalue weighted by Gasteiger charge is -2.28. The number of rotatable bonds is 3. The lowest BCUT2D eigenvalue weighted by Crippen LogP contribution is -2.39. The second-order valence-corrected chi connectivity index (χ2v) is 6.84. The van der Waals surface area contributed by atoms with Crippen LogP contribution >= 0.6 is 0 Å². The van der Waals surface area contributed by atoms with Crippen molar-refractivity contribution in [2.75, 3.05) is 11.9 Å². The van der Waals surface area contributed by atoms with Gasteiger partial charge in [0.25, 0.3) is 0 Å². The SMILES string of the molecule is Cc1ccccc1NC(=O)N1CCc2c(c3ccccc3n2CC(=O)O)C1. The van der Waals surface area contributed by atoms with Crippen LogP contribution in [0.1, 0.15) is 16.8 Å². The van der Waals surface area contributed by atoms with Crippen LogP contribution in [0.25, 0.3) is 10.9 Å². The fraction of sp³-hybridized carbons (Fsp3) is 0.238. The van der Waals surface area contributed by atoms with Crippen molar-refractivity contribution in [3.63, 3.8) is 0 Å². The van der Waals surface area contributed by atoms with Gasteiger partial charge in [0.2, 0.25) is 0 Å². The minimum Gasteiger partial charge on any atom is -0.480 e. The summed E-state index contributed by atoms with van der Waals surface area (Å²) < 4.78 is 1.86. The number of anilines is 1. The Hall–Kier alpha value is -3.28. The van der Waals surface area contributed by atoms with E-state index in [4.69, 9.17) is 0 Å². The molecule has 2 N–H and O–H groups in total. The number of para-hydroxylation sites is 2. The molecule has 138 valence electrons. The molecule has 4 rings (SSSR count). The predicted molar refractivity (Wildman–Crippen MR) is 104 cm³/mol. The summed E-state index contributed by atoms with van der Waals surface area (Å²) in [6, 6.07) is 15.3. The number of carboxylic acids is 1. The maximum Gasteiger partial charge on any atom is 0.323 e. The largest absolute Gasteiger partial charge is 0.480 e. The number of hydrogen-bond acceptors (Lipinski definition) is 2. The highest BCUT2D eigenvalue weighted by molar-refractivity contribution is 5.92. The molecule has 0 saturated carbocycles. The van der Waals surface area contributed by atoms with Gasteiger partial charge in [0.05, 0.1) is 0 Å². The van der Waals surface area contributed by atoms with E-state index in [0.717, 1.165) is 33.4 Å². The Bertz CT molecular complexity index is 1040. The van der Waals surface area contributed by atoms with Crippen molar-refractivity contribution >= 4 is 28.6 Å². The summed E-state index contributed by atoms with van der Waals surface area (Å²) in [5.41, 5.74) is 4.78. The molecule has 2 heterocycles. The second kappa shape index (κ2) is 6.79. The molecule has 0 aliphatic carbocycles. The number of urea groups is 1. The molecular formula is C21H21N3O3. The number of carbonyl (C=O) groups excluding carboxylic acids is 1. The van der Waals surface area contributed by atoms with Crippen LogP contribution in [0.2, 0.25) is 0 Å². The Balaban J connectivity index is 1.64. The standard InChI is InChI=1S/C21H21N3O3/c1-14-6-2-4-8-17(14)22-21(27)23-11-10-19-16(12-23)15-7-3-5-9-18(15)24(19)13-20(25)26/h2-9H,10-13H2,1H3,(H,22,27)(H,25,26). The van der Waals surface area contributed by atoms with Crippen LogP contribution in [-0.2, 0) is 24.3 Å². The molecule has 1 aliphatic heterocycles. The van der Waals surface area contributed by atoms with E-state index >= 15 is 0 Å². The zero-order valence-corrected chi connectivity index (χ0v) is 15.1. The normalized spacial score (nSPS) is 13.4. The maximum atomic E-state index is 12.8. The molecule has 0 fully saturated rings.